The summed E-state index contributed by atoms with van der Waals surface area (Å²) in [6.45, 7) is 2.66. The number of aryl methyl sites for hydroxylation is 4. The third kappa shape index (κ3) is 2.42. The average Bonchev–Trinajstić information content (AvgIpc) is 3.09. The number of halogens is 1. The number of hydrogen-bond acceptors (Lipinski definition) is 4. The first-order valence-electron chi connectivity index (χ1n) is 6.95. The summed E-state index contributed by atoms with van der Waals surface area (Å²) < 4.78 is 5.69. The van der Waals surface area contributed by atoms with Gasteiger partial charge in [-0.1, -0.05) is 6.92 Å². The predicted octanol–water partition coefficient (Wildman–Crippen LogP) is 1.29. The zero-order valence-corrected chi connectivity index (χ0v) is 13.2. The summed E-state index contributed by atoms with van der Waals surface area (Å²) in [4.78, 5) is 9.03. The molecule has 0 aliphatic heterocycles. The van der Waals surface area contributed by atoms with Crippen LogP contribution in [0.3, 0.4) is 0 Å². The van der Waals surface area contributed by atoms with E-state index in [4.69, 9.17) is 16.6 Å². The van der Waals surface area contributed by atoms with Gasteiger partial charge < -0.3 is 4.57 Å². The summed E-state index contributed by atoms with van der Waals surface area (Å²) in [5.41, 5.74) is 2.96. The van der Waals surface area contributed by atoms with Gasteiger partial charge in [0.15, 0.2) is 11.5 Å². The van der Waals surface area contributed by atoms with Crippen molar-refractivity contribution in [1.82, 2.24) is 34.1 Å². The summed E-state index contributed by atoms with van der Waals surface area (Å²) in [6, 6.07) is 0. The number of aromatic nitrogens is 7. The first-order valence-corrected chi connectivity index (χ1v) is 7.49. The van der Waals surface area contributed by atoms with Gasteiger partial charge in [-0.3, -0.25) is 9.36 Å². The number of nitrogens with zero attached hydrogens (tertiary/aromatic N) is 7. The second-order valence-electron chi connectivity index (χ2n) is 4.98. The van der Waals surface area contributed by atoms with Crippen molar-refractivity contribution in [2.75, 3.05) is 5.88 Å². The fourth-order valence-electron chi connectivity index (χ4n) is 2.56. The van der Waals surface area contributed by atoms with Gasteiger partial charge in [0.2, 0.25) is 0 Å². The maximum absolute atomic E-state index is 5.91. The standard InChI is InChI=1S/C13H18ClN7/c1-4-9-12-13(20(3)17-9)21(11(16-12)5-6-14)7-10-15-8-19(2)18-10/h8H,4-7H2,1-3H3. The van der Waals surface area contributed by atoms with E-state index in [1.54, 1.807) is 11.0 Å². The maximum atomic E-state index is 5.91. The topological polar surface area (TPSA) is 66.3 Å². The van der Waals surface area contributed by atoms with Crippen molar-refractivity contribution in [3.05, 3.63) is 23.7 Å². The molecule has 0 aromatic carbocycles. The van der Waals surface area contributed by atoms with E-state index in [2.05, 4.69) is 26.7 Å². The summed E-state index contributed by atoms with van der Waals surface area (Å²) in [7, 11) is 3.80. The lowest BCUT2D eigenvalue weighted by Crippen LogP contribution is -2.10. The van der Waals surface area contributed by atoms with Gasteiger partial charge in [-0.2, -0.15) is 10.2 Å². The lowest BCUT2D eigenvalue weighted by molar-refractivity contribution is 0.658. The van der Waals surface area contributed by atoms with E-state index in [0.29, 0.717) is 18.8 Å². The van der Waals surface area contributed by atoms with Crippen LogP contribution in [0.15, 0.2) is 6.33 Å². The molecular formula is C13H18ClN7. The van der Waals surface area contributed by atoms with Crippen molar-refractivity contribution >= 4 is 22.8 Å². The average molecular weight is 308 g/mol. The Bertz CT molecular complexity index is 767. The van der Waals surface area contributed by atoms with E-state index in [-0.39, 0.29) is 0 Å². The van der Waals surface area contributed by atoms with Crippen LogP contribution in [0.5, 0.6) is 0 Å². The van der Waals surface area contributed by atoms with Crippen LogP contribution < -0.4 is 0 Å². The lowest BCUT2D eigenvalue weighted by Gasteiger charge is -2.06. The predicted molar refractivity (Wildman–Crippen MR) is 80.4 cm³/mol. The summed E-state index contributed by atoms with van der Waals surface area (Å²) in [5, 5.41) is 8.88. The first kappa shape index (κ1) is 14.1. The van der Waals surface area contributed by atoms with Crippen LogP contribution in [-0.2, 0) is 33.5 Å². The largest absolute Gasteiger partial charge is 0.305 e. The minimum absolute atomic E-state index is 0.536. The second kappa shape index (κ2) is 5.48. The van der Waals surface area contributed by atoms with Crippen molar-refractivity contribution in [3.63, 3.8) is 0 Å². The molecule has 0 N–H and O–H groups in total. The highest BCUT2D eigenvalue weighted by molar-refractivity contribution is 6.17. The molecule has 0 saturated heterocycles. The highest BCUT2D eigenvalue weighted by Gasteiger charge is 2.19. The molecular weight excluding hydrogens is 290 g/mol. The minimum Gasteiger partial charge on any atom is -0.305 e. The van der Waals surface area contributed by atoms with Crippen molar-refractivity contribution in [1.29, 1.82) is 0 Å². The number of imidazole rings is 1. The van der Waals surface area contributed by atoms with Gasteiger partial charge in [-0.25, -0.2) is 9.97 Å². The molecule has 0 saturated carbocycles. The van der Waals surface area contributed by atoms with Crippen LogP contribution in [0.25, 0.3) is 11.2 Å². The molecule has 0 aliphatic carbocycles. The summed E-state index contributed by atoms with van der Waals surface area (Å²) >= 11 is 5.91. The van der Waals surface area contributed by atoms with Crippen LogP contribution in [-0.4, -0.2) is 40.0 Å². The first-order chi connectivity index (χ1) is 10.1. The van der Waals surface area contributed by atoms with E-state index in [0.717, 1.165) is 34.9 Å². The monoisotopic (exact) mass is 307 g/mol. The Morgan fingerprint density at radius 2 is 2.05 bits per heavy atom. The molecule has 0 unspecified atom stereocenters. The van der Waals surface area contributed by atoms with Crippen LogP contribution in [0.1, 0.15) is 24.3 Å². The van der Waals surface area contributed by atoms with Crippen LogP contribution in [0.2, 0.25) is 0 Å². The van der Waals surface area contributed by atoms with E-state index < -0.39 is 0 Å². The highest BCUT2D eigenvalue weighted by Crippen LogP contribution is 2.21. The molecule has 0 fully saturated rings. The maximum Gasteiger partial charge on any atom is 0.170 e. The Labute approximate surface area is 127 Å². The number of rotatable bonds is 5. The quantitative estimate of drug-likeness (QED) is 0.666. The molecule has 0 atom stereocenters. The molecule has 3 rings (SSSR count). The van der Waals surface area contributed by atoms with Crippen molar-refractivity contribution in [3.8, 4) is 0 Å². The zero-order chi connectivity index (χ0) is 15.0. The van der Waals surface area contributed by atoms with Gasteiger partial charge in [-0.15, -0.1) is 11.6 Å². The van der Waals surface area contributed by atoms with E-state index in [1.807, 2.05) is 18.8 Å². The Balaban J connectivity index is 2.13. The highest BCUT2D eigenvalue weighted by atomic mass is 35.5. The molecule has 8 heteroatoms. The van der Waals surface area contributed by atoms with E-state index >= 15 is 0 Å². The number of hydrogen-bond donors (Lipinski definition) is 0. The van der Waals surface area contributed by atoms with Crippen molar-refractivity contribution < 1.29 is 0 Å². The van der Waals surface area contributed by atoms with Crippen LogP contribution >= 0.6 is 11.6 Å². The Hall–Kier alpha value is -1.89. The lowest BCUT2D eigenvalue weighted by atomic mass is 10.3. The number of alkyl halides is 1. The van der Waals surface area contributed by atoms with Gasteiger partial charge in [0.25, 0.3) is 0 Å². The van der Waals surface area contributed by atoms with Crippen LogP contribution in [0.4, 0.5) is 0 Å². The van der Waals surface area contributed by atoms with Crippen molar-refractivity contribution in [2.24, 2.45) is 14.1 Å². The normalized spacial score (nSPS) is 11.6. The second-order valence-corrected chi connectivity index (χ2v) is 5.36. The fourth-order valence-corrected chi connectivity index (χ4v) is 2.73. The van der Waals surface area contributed by atoms with Crippen LogP contribution in [0, 0.1) is 0 Å². The van der Waals surface area contributed by atoms with Gasteiger partial charge >= 0.3 is 0 Å². The molecule has 112 valence electrons. The van der Waals surface area contributed by atoms with Gasteiger partial charge in [-0.05, 0) is 6.42 Å². The van der Waals surface area contributed by atoms with Crippen molar-refractivity contribution in [2.45, 2.75) is 26.3 Å². The molecule has 0 spiro atoms. The molecule has 0 amide bonds. The minimum atomic E-state index is 0.536. The fraction of sp³-hybridized carbons (Fsp3) is 0.538. The molecule has 21 heavy (non-hydrogen) atoms. The Morgan fingerprint density at radius 3 is 2.67 bits per heavy atom. The SMILES string of the molecule is CCc1nn(C)c2c1nc(CCCl)n2Cc1ncn(C)n1. The number of fused-ring (bicyclic) bond motifs is 1. The Morgan fingerprint density at radius 1 is 1.24 bits per heavy atom. The smallest absolute Gasteiger partial charge is 0.170 e. The summed E-state index contributed by atoms with van der Waals surface area (Å²) in [6.07, 6.45) is 3.27. The Kier molecular flexibility index (Phi) is 3.67. The third-order valence-electron chi connectivity index (χ3n) is 3.47. The third-order valence-corrected chi connectivity index (χ3v) is 3.66. The van der Waals surface area contributed by atoms with Gasteiger partial charge in [0.1, 0.15) is 17.7 Å². The molecule has 3 aromatic rings. The molecule has 3 heterocycles. The molecule has 7 nitrogen and oxygen atoms in total. The van der Waals surface area contributed by atoms with E-state index in [1.165, 1.54) is 0 Å². The van der Waals surface area contributed by atoms with E-state index in [9.17, 15) is 0 Å². The molecule has 0 bridgehead atoms. The zero-order valence-electron chi connectivity index (χ0n) is 12.4. The van der Waals surface area contributed by atoms with Gasteiger partial charge in [0, 0.05) is 26.4 Å². The molecule has 0 radical (unpaired) electrons. The molecule has 0 aliphatic rings. The summed E-state index contributed by atoms with van der Waals surface area (Å²) in [5.74, 6) is 2.25. The molecule has 3 aromatic heterocycles. The van der Waals surface area contributed by atoms with Gasteiger partial charge in [0.05, 0.1) is 12.2 Å².